The fourth-order valence-electron chi connectivity index (χ4n) is 4.12. The molecule has 6 heteroatoms. The molecule has 30 heavy (non-hydrogen) atoms. The summed E-state index contributed by atoms with van der Waals surface area (Å²) in [7, 11) is 0. The van der Waals surface area contributed by atoms with Gasteiger partial charge in [0.25, 0.3) is 5.91 Å². The summed E-state index contributed by atoms with van der Waals surface area (Å²) in [5.74, 6) is 1.00. The first-order valence-electron chi connectivity index (χ1n) is 10.7. The van der Waals surface area contributed by atoms with Gasteiger partial charge in [0.05, 0.1) is 6.61 Å². The van der Waals surface area contributed by atoms with Crippen LogP contribution < -0.4 is 10.1 Å². The fraction of sp³-hybridized carbons (Fsp3) is 0.417. The van der Waals surface area contributed by atoms with Crippen molar-refractivity contribution in [1.29, 1.82) is 0 Å². The summed E-state index contributed by atoms with van der Waals surface area (Å²) in [5, 5.41) is 2.86. The Morgan fingerprint density at radius 3 is 2.67 bits per heavy atom. The molecule has 0 bridgehead atoms. The Hall–Kier alpha value is -2.86. The van der Waals surface area contributed by atoms with Gasteiger partial charge < -0.3 is 15.0 Å². The number of hydrogen-bond donors (Lipinski definition) is 1. The van der Waals surface area contributed by atoms with Crippen molar-refractivity contribution >= 4 is 11.8 Å². The SMILES string of the molecule is Cc1ccccc1C(=O)NCCC(=O)N1CCN(Cc2ccc3c(c2)CCO3)CC1. The molecule has 1 fully saturated rings. The van der Waals surface area contributed by atoms with Gasteiger partial charge in [-0.25, -0.2) is 0 Å². The van der Waals surface area contributed by atoms with E-state index in [1.807, 2.05) is 30.0 Å². The average molecular weight is 408 g/mol. The maximum Gasteiger partial charge on any atom is 0.251 e. The van der Waals surface area contributed by atoms with E-state index >= 15 is 0 Å². The zero-order chi connectivity index (χ0) is 20.9. The Morgan fingerprint density at radius 1 is 1.07 bits per heavy atom. The lowest BCUT2D eigenvalue weighted by Gasteiger charge is -2.35. The number of piperazine rings is 1. The lowest BCUT2D eigenvalue weighted by molar-refractivity contribution is -0.132. The molecule has 0 atom stereocenters. The second kappa shape index (κ2) is 9.30. The number of fused-ring (bicyclic) bond motifs is 1. The third-order valence-electron chi connectivity index (χ3n) is 5.90. The number of carbonyl (C=O) groups is 2. The van der Waals surface area contributed by atoms with Crippen LogP contribution in [0.5, 0.6) is 5.75 Å². The van der Waals surface area contributed by atoms with Gasteiger partial charge in [0.2, 0.25) is 5.91 Å². The van der Waals surface area contributed by atoms with Crippen LogP contribution in [0.25, 0.3) is 0 Å². The third-order valence-corrected chi connectivity index (χ3v) is 5.90. The van der Waals surface area contributed by atoms with Gasteiger partial charge in [-0.05, 0) is 35.7 Å². The van der Waals surface area contributed by atoms with E-state index < -0.39 is 0 Å². The van der Waals surface area contributed by atoms with Crippen molar-refractivity contribution in [3.8, 4) is 5.75 Å². The van der Waals surface area contributed by atoms with E-state index in [0.29, 0.717) is 18.5 Å². The monoisotopic (exact) mass is 407 g/mol. The number of rotatable bonds is 6. The molecule has 0 spiro atoms. The van der Waals surface area contributed by atoms with Gasteiger partial charge in [-0.15, -0.1) is 0 Å². The number of nitrogens with one attached hydrogen (secondary N) is 1. The van der Waals surface area contributed by atoms with E-state index in [1.54, 1.807) is 6.07 Å². The van der Waals surface area contributed by atoms with Gasteiger partial charge in [0, 0.05) is 57.7 Å². The zero-order valence-electron chi connectivity index (χ0n) is 17.5. The Balaban J connectivity index is 1.19. The molecule has 2 aromatic carbocycles. The zero-order valence-corrected chi connectivity index (χ0v) is 17.5. The van der Waals surface area contributed by atoms with Gasteiger partial charge in [0.15, 0.2) is 0 Å². The Bertz CT molecular complexity index is 920. The predicted molar refractivity (Wildman–Crippen MR) is 116 cm³/mol. The molecule has 1 N–H and O–H groups in total. The lowest BCUT2D eigenvalue weighted by atomic mass is 10.1. The maximum absolute atomic E-state index is 12.5. The quantitative estimate of drug-likeness (QED) is 0.799. The topological polar surface area (TPSA) is 61.9 Å². The van der Waals surface area contributed by atoms with Crippen molar-refractivity contribution in [2.24, 2.45) is 0 Å². The van der Waals surface area contributed by atoms with Crippen molar-refractivity contribution in [2.45, 2.75) is 26.3 Å². The summed E-state index contributed by atoms with van der Waals surface area (Å²) in [6.45, 7) is 7.17. The van der Waals surface area contributed by atoms with Gasteiger partial charge in [-0.3, -0.25) is 14.5 Å². The van der Waals surface area contributed by atoms with E-state index in [9.17, 15) is 9.59 Å². The van der Waals surface area contributed by atoms with Crippen molar-refractivity contribution < 1.29 is 14.3 Å². The van der Waals surface area contributed by atoms with E-state index in [4.69, 9.17) is 4.74 Å². The highest BCUT2D eigenvalue weighted by molar-refractivity contribution is 5.95. The summed E-state index contributed by atoms with van der Waals surface area (Å²) in [5.41, 5.74) is 4.21. The minimum atomic E-state index is -0.120. The van der Waals surface area contributed by atoms with Crippen LogP contribution in [0.15, 0.2) is 42.5 Å². The van der Waals surface area contributed by atoms with Crippen LogP contribution in [-0.2, 0) is 17.8 Å². The van der Waals surface area contributed by atoms with E-state index in [1.165, 1.54) is 11.1 Å². The molecular weight excluding hydrogens is 378 g/mol. The Morgan fingerprint density at radius 2 is 1.87 bits per heavy atom. The Kier molecular flexibility index (Phi) is 6.33. The molecule has 2 amide bonds. The number of hydrogen-bond acceptors (Lipinski definition) is 4. The van der Waals surface area contributed by atoms with Gasteiger partial charge in [-0.2, -0.15) is 0 Å². The van der Waals surface area contributed by atoms with Gasteiger partial charge in [0.1, 0.15) is 5.75 Å². The normalized spacial score (nSPS) is 16.1. The molecule has 4 rings (SSSR count). The number of ether oxygens (including phenoxy) is 1. The summed E-state index contributed by atoms with van der Waals surface area (Å²) in [6, 6.07) is 13.9. The minimum Gasteiger partial charge on any atom is -0.493 e. The van der Waals surface area contributed by atoms with E-state index in [2.05, 4.69) is 28.4 Å². The summed E-state index contributed by atoms with van der Waals surface area (Å²) in [6.07, 6.45) is 1.33. The lowest BCUT2D eigenvalue weighted by Crippen LogP contribution is -2.48. The first-order valence-corrected chi connectivity index (χ1v) is 10.7. The summed E-state index contributed by atoms with van der Waals surface area (Å²) < 4.78 is 5.58. The predicted octanol–water partition coefficient (Wildman–Crippen LogP) is 2.39. The fourth-order valence-corrected chi connectivity index (χ4v) is 4.12. The number of amides is 2. The van der Waals surface area contributed by atoms with Crippen LogP contribution in [0.1, 0.15) is 33.5 Å². The smallest absolute Gasteiger partial charge is 0.251 e. The highest BCUT2D eigenvalue weighted by atomic mass is 16.5. The standard InChI is InChI=1S/C24H29N3O3/c1-18-4-2-3-5-21(18)24(29)25-10-8-23(28)27-13-11-26(12-14-27)17-19-6-7-22-20(16-19)9-15-30-22/h2-7,16H,8-15,17H2,1H3,(H,25,29). The van der Waals surface area contributed by atoms with E-state index in [-0.39, 0.29) is 11.8 Å². The van der Waals surface area contributed by atoms with Crippen molar-refractivity contribution in [1.82, 2.24) is 15.1 Å². The summed E-state index contributed by atoms with van der Waals surface area (Å²) in [4.78, 5) is 29.1. The highest BCUT2D eigenvalue weighted by Crippen LogP contribution is 2.26. The van der Waals surface area contributed by atoms with Crippen molar-refractivity contribution in [3.05, 3.63) is 64.7 Å². The first-order chi connectivity index (χ1) is 14.6. The number of aryl methyl sites for hydroxylation is 1. The molecule has 0 unspecified atom stereocenters. The summed E-state index contributed by atoms with van der Waals surface area (Å²) >= 11 is 0. The second-order valence-electron chi connectivity index (χ2n) is 8.02. The number of benzene rings is 2. The van der Waals surface area contributed by atoms with Crippen LogP contribution in [0.3, 0.4) is 0 Å². The van der Waals surface area contributed by atoms with Crippen molar-refractivity contribution in [2.75, 3.05) is 39.3 Å². The highest BCUT2D eigenvalue weighted by Gasteiger charge is 2.22. The van der Waals surface area contributed by atoms with Gasteiger partial charge >= 0.3 is 0 Å². The second-order valence-corrected chi connectivity index (χ2v) is 8.02. The number of nitrogens with zero attached hydrogens (tertiary/aromatic N) is 2. The van der Waals surface area contributed by atoms with Crippen LogP contribution >= 0.6 is 0 Å². The molecular formula is C24H29N3O3. The maximum atomic E-state index is 12.5. The molecule has 0 aliphatic carbocycles. The van der Waals surface area contributed by atoms with Crippen molar-refractivity contribution in [3.63, 3.8) is 0 Å². The van der Waals surface area contributed by atoms with Crippen LogP contribution in [0.2, 0.25) is 0 Å². The molecule has 2 aromatic rings. The minimum absolute atomic E-state index is 0.106. The molecule has 2 aliphatic heterocycles. The largest absolute Gasteiger partial charge is 0.493 e. The molecule has 158 valence electrons. The molecule has 6 nitrogen and oxygen atoms in total. The molecule has 0 radical (unpaired) electrons. The van der Waals surface area contributed by atoms with Crippen LogP contribution in [0, 0.1) is 6.92 Å². The van der Waals surface area contributed by atoms with Gasteiger partial charge in [-0.1, -0.05) is 30.3 Å². The Labute approximate surface area is 177 Å². The molecule has 2 aliphatic rings. The number of carbonyl (C=O) groups excluding carboxylic acids is 2. The first kappa shape index (κ1) is 20.4. The van der Waals surface area contributed by atoms with Crippen LogP contribution in [-0.4, -0.2) is 60.9 Å². The van der Waals surface area contributed by atoms with Crippen LogP contribution in [0.4, 0.5) is 0 Å². The molecule has 0 aromatic heterocycles. The molecule has 1 saturated heterocycles. The third kappa shape index (κ3) is 4.82. The molecule has 2 heterocycles. The molecule has 0 saturated carbocycles. The van der Waals surface area contributed by atoms with E-state index in [0.717, 1.165) is 57.1 Å². The average Bonchev–Trinajstić information content (AvgIpc) is 3.22.